The zero-order chi connectivity index (χ0) is 21.7. The molecule has 1 aliphatic rings. The van der Waals surface area contributed by atoms with Gasteiger partial charge in [-0.1, -0.05) is 55.0 Å². The van der Waals surface area contributed by atoms with Crippen LogP contribution in [0.15, 0.2) is 72.8 Å². The van der Waals surface area contributed by atoms with Crippen molar-refractivity contribution in [3.63, 3.8) is 0 Å². The van der Waals surface area contributed by atoms with Crippen LogP contribution < -0.4 is 9.47 Å². The van der Waals surface area contributed by atoms with E-state index in [1.165, 1.54) is 43.1 Å². The molecule has 0 radical (unpaired) electrons. The number of rotatable bonds is 8. The van der Waals surface area contributed by atoms with Gasteiger partial charge in [0, 0.05) is 13.1 Å². The van der Waals surface area contributed by atoms with Crippen LogP contribution in [0.5, 0.6) is 11.5 Å². The zero-order valence-corrected chi connectivity index (χ0v) is 19.0. The largest absolute Gasteiger partial charge is 0.492 e. The fraction of sp³-hybridized carbons (Fsp3) is 0.407. The van der Waals surface area contributed by atoms with Crippen molar-refractivity contribution in [3.8, 4) is 11.5 Å². The first-order chi connectivity index (χ1) is 15.2. The van der Waals surface area contributed by atoms with E-state index in [2.05, 4.69) is 40.1 Å². The molecule has 0 N–H and O–H groups in total. The van der Waals surface area contributed by atoms with Crippen LogP contribution in [-0.4, -0.2) is 63.3 Å². The van der Waals surface area contributed by atoms with Crippen molar-refractivity contribution < 1.29 is 9.47 Å². The molecule has 3 aromatic carbocycles. The Balaban J connectivity index is 0.000000176. The second kappa shape index (κ2) is 13.0. The number of ether oxygens (including phenoxy) is 2. The van der Waals surface area contributed by atoms with Crippen molar-refractivity contribution in [2.75, 3.05) is 53.5 Å². The van der Waals surface area contributed by atoms with E-state index in [0.717, 1.165) is 37.8 Å². The minimum atomic E-state index is 0.728. The highest BCUT2D eigenvalue weighted by Gasteiger charge is 2.09. The number of nitrogens with zero attached hydrogens (tertiary/aromatic N) is 2. The Kier molecular flexibility index (Phi) is 9.68. The first-order valence-corrected chi connectivity index (χ1v) is 11.4. The van der Waals surface area contributed by atoms with Crippen LogP contribution in [0, 0.1) is 0 Å². The van der Waals surface area contributed by atoms with E-state index >= 15 is 0 Å². The Morgan fingerprint density at radius 1 is 0.710 bits per heavy atom. The Labute approximate surface area is 187 Å². The molecule has 0 unspecified atom stereocenters. The third-order valence-electron chi connectivity index (χ3n) is 5.40. The number of hydrogen-bond acceptors (Lipinski definition) is 4. The number of fused-ring (bicyclic) bond motifs is 1. The van der Waals surface area contributed by atoms with E-state index in [1.807, 2.05) is 56.6 Å². The van der Waals surface area contributed by atoms with Gasteiger partial charge < -0.3 is 14.4 Å². The van der Waals surface area contributed by atoms with Gasteiger partial charge >= 0.3 is 0 Å². The molecule has 1 fully saturated rings. The average molecular weight is 421 g/mol. The van der Waals surface area contributed by atoms with Gasteiger partial charge in [-0.3, -0.25) is 4.90 Å². The van der Waals surface area contributed by atoms with Crippen molar-refractivity contribution in [3.05, 3.63) is 72.8 Å². The molecule has 0 bridgehead atoms. The van der Waals surface area contributed by atoms with Gasteiger partial charge in [0.25, 0.3) is 0 Å². The lowest BCUT2D eigenvalue weighted by atomic mass is 10.1. The van der Waals surface area contributed by atoms with E-state index < -0.39 is 0 Å². The van der Waals surface area contributed by atoms with Crippen LogP contribution in [0.3, 0.4) is 0 Å². The second-order valence-electron chi connectivity index (χ2n) is 8.22. The summed E-state index contributed by atoms with van der Waals surface area (Å²) in [6.07, 6.45) is 4.10. The van der Waals surface area contributed by atoms with Gasteiger partial charge in [0.05, 0.1) is 0 Å². The number of piperidine rings is 1. The summed E-state index contributed by atoms with van der Waals surface area (Å²) in [5, 5.41) is 2.48. The molecular formula is C27H36N2O2. The van der Waals surface area contributed by atoms with Crippen molar-refractivity contribution >= 4 is 10.8 Å². The molecule has 3 aromatic rings. The highest BCUT2D eigenvalue weighted by atomic mass is 16.5. The average Bonchev–Trinajstić information content (AvgIpc) is 2.81. The van der Waals surface area contributed by atoms with Gasteiger partial charge in [0.15, 0.2) is 0 Å². The van der Waals surface area contributed by atoms with Gasteiger partial charge in [0.2, 0.25) is 0 Å². The van der Waals surface area contributed by atoms with Crippen molar-refractivity contribution in [2.45, 2.75) is 19.3 Å². The van der Waals surface area contributed by atoms with E-state index in [9.17, 15) is 0 Å². The SMILES string of the molecule is CN(C)CCOc1ccc2ccccc2c1.c1ccc(OCCN2CCCCC2)cc1. The van der Waals surface area contributed by atoms with Crippen molar-refractivity contribution in [1.29, 1.82) is 0 Å². The molecule has 1 aliphatic heterocycles. The second-order valence-corrected chi connectivity index (χ2v) is 8.22. The maximum atomic E-state index is 5.68. The predicted molar refractivity (Wildman–Crippen MR) is 130 cm³/mol. The molecule has 31 heavy (non-hydrogen) atoms. The third-order valence-corrected chi connectivity index (χ3v) is 5.40. The molecule has 4 nitrogen and oxygen atoms in total. The zero-order valence-electron chi connectivity index (χ0n) is 19.0. The molecule has 0 aromatic heterocycles. The van der Waals surface area contributed by atoms with Gasteiger partial charge in [-0.2, -0.15) is 0 Å². The minimum Gasteiger partial charge on any atom is -0.492 e. The van der Waals surface area contributed by atoms with E-state index in [-0.39, 0.29) is 0 Å². The number of likely N-dealkylation sites (N-methyl/N-ethyl adjacent to an activating group) is 1. The minimum absolute atomic E-state index is 0.728. The highest BCUT2D eigenvalue weighted by Crippen LogP contribution is 2.20. The summed E-state index contributed by atoms with van der Waals surface area (Å²) in [5.74, 6) is 1.93. The molecule has 4 heteroatoms. The van der Waals surface area contributed by atoms with E-state index in [1.54, 1.807) is 0 Å². The van der Waals surface area contributed by atoms with E-state index in [0.29, 0.717) is 0 Å². The molecule has 0 amide bonds. The lowest BCUT2D eigenvalue weighted by Crippen LogP contribution is -2.33. The summed E-state index contributed by atoms with van der Waals surface area (Å²) in [5.41, 5.74) is 0. The molecule has 0 saturated carbocycles. The summed E-state index contributed by atoms with van der Waals surface area (Å²) in [7, 11) is 4.09. The van der Waals surface area contributed by atoms with Crippen LogP contribution in [-0.2, 0) is 0 Å². The summed E-state index contributed by atoms with van der Waals surface area (Å²) in [6.45, 7) is 6.04. The first-order valence-electron chi connectivity index (χ1n) is 11.4. The Morgan fingerprint density at radius 3 is 2.13 bits per heavy atom. The van der Waals surface area contributed by atoms with Gasteiger partial charge in [-0.05, 0) is 75.1 Å². The molecule has 1 heterocycles. The number of hydrogen-bond donors (Lipinski definition) is 0. The lowest BCUT2D eigenvalue weighted by molar-refractivity contribution is 0.183. The summed E-state index contributed by atoms with van der Waals surface area (Å²) >= 11 is 0. The fourth-order valence-corrected chi connectivity index (χ4v) is 3.60. The quantitative estimate of drug-likeness (QED) is 0.492. The van der Waals surface area contributed by atoms with Crippen molar-refractivity contribution in [2.24, 2.45) is 0 Å². The molecule has 166 valence electrons. The summed E-state index contributed by atoms with van der Waals surface area (Å²) in [4.78, 5) is 4.60. The standard InChI is InChI=1S/C14H17NO.C13H19NO/c1-15(2)9-10-16-14-8-7-12-5-3-4-6-13(12)11-14;1-3-7-13(8-4-1)15-12-11-14-9-5-2-6-10-14/h3-8,11H,9-10H2,1-2H3;1,3-4,7-8H,2,5-6,9-12H2. The fourth-order valence-electron chi connectivity index (χ4n) is 3.60. The topological polar surface area (TPSA) is 24.9 Å². The van der Waals surface area contributed by atoms with E-state index in [4.69, 9.17) is 9.47 Å². The summed E-state index contributed by atoms with van der Waals surface area (Å²) in [6, 6.07) is 24.6. The number of likely N-dealkylation sites (tertiary alicyclic amines) is 1. The maximum absolute atomic E-state index is 5.68. The Bertz CT molecular complexity index is 877. The molecule has 0 aliphatic carbocycles. The third kappa shape index (κ3) is 8.60. The van der Waals surface area contributed by atoms with Gasteiger partial charge in [-0.25, -0.2) is 0 Å². The van der Waals surface area contributed by atoms with Crippen molar-refractivity contribution in [1.82, 2.24) is 9.80 Å². The van der Waals surface area contributed by atoms with Crippen LogP contribution in [0.1, 0.15) is 19.3 Å². The monoisotopic (exact) mass is 420 g/mol. The molecule has 0 atom stereocenters. The molecule has 0 spiro atoms. The molecule has 4 rings (SSSR count). The van der Waals surface area contributed by atoms with Crippen LogP contribution >= 0.6 is 0 Å². The number of benzene rings is 3. The Hall–Kier alpha value is -2.56. The maximum Gasteiger partial charge on any atom is 0.120 e. The Morgan fingerprint density at radius 2 is 1.39 bits per heavy atom. The van der Waals surface area contributed by atoms with Gasteiger partial charge in [-0.15, -0.1) is 0 Å². The lowest BCUT2D eigenvalue weighted by Gasteiger charge is -2.26. The predicted octanol–water partition coefficient (Wildman–Crippen LogP) is 5.33. The summed E-state index contributed by atoms with van der Waals surface area (Å²) < 4.78 is 11.4. The molecule has 1 saturated heterocycles. The smallest absolute Gasteiger partial charge is 0.120 e. The van der Waals surface area contributed by atoms with Crippen LogP contribution in [0.25, 0.3) is 10.8 Å². The van der Waals surface area contributed by atoms with Gasteiger partial charge in [0.1, 0.15) is 24.7 Å². The van der Waals surface area contributed by atoms with Crippen LogP contribution in [0.4, 0.5) is 0 Å². The number of para-hydroxylation sites is 1. The molecular weight excluding hydrogens is 384 g/mol. The first kappa shape index (κ1) is 23.1. The highest BCUT2D eigenvalue weighted by molar-refractivity contribution is 5.83. The normalized spacial score (nSPS) is 14.2. The van der Waals surface area contributed by atoms with Crippen LogP contribution in [0.2, 0.25) is 0 Å².